The van der Waals surface area contributed by atoms with E-state index in [2.05, 4.69) is 15.7 Å². The first-order chi connectivity index (χ1) is 11.0. The summed E-state index contributed by atoms with van der Waals surface area (Å²) in [6.07, 6.45) is 2.01. The van der Waals surface area contributed by atoms with E-state index in [-0.39, 0.29) is 30.3 Å². The van der Waals surface area contributed by atoms with E-state index in [1.807, 2.05) is 20.9 Å². The highest BCUT2D eigenvalue weighted by atomic mass is 35.5. The summed E-state index contributed by atoms with van der Waals surface area (Å²) in [6.45, 7) is 7.02. The van der Waals surface area contributed by atoms with E-state index in [0.717, 1.165) is 37.3 Å². The van der Waals surface area contributed by atoms with Crippen molar-refractivity contribution in [1.82, 2.24) is 20.4 Å². The lowest BCUT2D eigenvalue weighted by molar-refractivity contribution is -0.124. The molecule has 2 heterocycles. The maximum absolute atomic E-state index is 12.1. The Morgan fingerprint density at radius 1 is 1.38 bits per heavy atom. The van der Waals surface area contributed by atoms with Crippen LogP contribution in [0, 0.1) is 19.3 Å². The van der Waals surface area contributed by atoms with E-state index in [4.69, 9.17) is 9.47 Å². The molecule has 2 N–H and O–H groups in total. The summed E-state index contributed by atoms with van der Waals surface area (Å²) in [5.74, 6) is 0.581. The number of carbonyl (C=O) groups is 1. The minimum Gasteiger partial charge on any atom is -0.480 e. The highest BCUT2D eigenvalue weighted by molar-refractivity contribution is 5.85. The van der Waals surface area contributed by atoms with Gasteiger partial charge in [-0.05, 0) is 39.8 Å². The summed E-state index contributed by atoms with van der Waals surface area (Å²) in [5, 5.41) is 10.6. The fourth-order valence-electron chi connectivity index (χ4n) is 3.07. The molecule has 7 nitrogen and oxygen atoms in total. The quantitative estimate of drug-likeness (QED) is 0.757. The highest BCUT2D eigenvalue weighted by Gasteiger charge is 2.32. The first-order valence-corrected chi connectivity index (χ1v) is 8.07. The first kappa shape index (κ1) is 20.7. The van der Waals surface area contributed by atoms with Crippen molar-refractivity contribution in [1.29, 1.82) is 0 Å². The molecule has 1 fully saturated rings. The maximum Gasteiger partial charge on any atom is 0.257 e. The van der Waals surface area contributed by atoms with Gasteiger partial charge in [0.15, 0.2) is 12.4 Å². The van der Waals surface area contributed by atoms with Crippen molar-refractivity contribution in [2.24, 2.45) is 12.5 Å². The Bertz CT molecular complexity index is 536. The summed E-state index contributed by atoms with van der Waals surface area (Å²) in [7, 11) is 3.57. The van der Waals surface area contributed by atoms with E-state index in [0.29, 0.717) is 18.9 Å². The highest BCUT2D eigenvalue weighted by Crippen LogP contribution is 2.28. The largest absolute Gasteiger partial charge is 0.480 e. The van der Waals surface area contributed by atoms with Crippen molar-refractivity contribution in [3.8, 4) is 5.75 Å². The van der Waals surface area contributed by atoms with E-state index in [9.17, 15) is 4.79 Å². The molecule has 0 unspecified atom stereocenters. The number of methoxy groups -OCH3 is 1. The zero-order valence-corrected chi connectivity index (χ0v) is 15.8. The second-order valence-electron chi connectivity index (χ2n) is 6.37. The predicted molar refractivity (Wildman–Crippen MR) is 94.8 cm³/mol. The number of carbonyl (C=O) groups excluding carboxylic acids is 1. The molecule has 0 radical (unpaired) electrons. The Morgan fingerprint density at radius 2 is 2.04 bits per heavy atom. The molecule has 0 atom stereocenters. The molecule has 1 aliphatic heterocycles. The third kappa shape index (κ3) is 5.09. The normalized spacial score (nSPS) is 16.3. The molecule has 2 rings (SSSR count). The molecule has 1 saturated heterocycles. The average Bonchev–Trinajstić information content (AvgIpc) is 2.77. The number of ether oxygens (including phenoxy) is 2. The molecular weight excluding hydrogens is 332 g/mol. The van der Waals surface area contributed by atoms with Crippen LogP contribution in [0.15, 0.2) is 0 Å². The van der Waals surface area contributed by atoms with Crippen LogP contribution >= 0.6 is 12.4 Å². The van der Waals surface area contributed by atoms with Crippen molar-refractivity contribution < 1.29 is 14.3 Å². The summed E-state index contributed by atoms with van der Waals surface area (Å²) in [4.78, 5) is 12.1. The molecule has 24 heavy (non-hydrogen) atoms. The molecule has 0 aromatic carbocycles. The lowest BCUT2D eigenvalue weighted by Gasteiger charge is -2.37. The number of halogens is 1. The van der Waals surface area contributed by atoms with Gasteiger partial charge in [-0.2, -0.15) is 5.10 Å². The second-order valence-corrected chi connectivity index (χ2v) is 6.37. The molecule has 0 saturated carbocycles. The van der Waals surface area contributed by atoms with Crippen LogP contribution in [0.5, 0.6) is 5.75 Å². The van der Waals surface area contributed by atoms with Crippen LogP contribution in [-0.4, -0.2) is 55.6 Å². The molecule has 0 aliphatic carbocycles. The molecular formula is C16H29ClN4O3. The monoisotopic (exact) mass is 360 g/mol. The Morgan fingerprint density at radius 3 is 2.58 bits per heavy atom. The standard InChI is InChI=1S/C16H28N4O3.ClH/c1-12-15(13(2)20(3)19-12)23-9-14(21)18-10-16(11-22-4)5-7-17-8-6-16;/h17H,5-11H2,1-4H3,(H,18,21);1H. The minimum absolute atomic E-state index is 0. The molecule has 1 aliphatic rings. The number of nitrogens with zero attached hydrogens (tertiary/aromatic N) is 2. The summed E-state index contributed by atoms with van der Waals surface area (Å²) in [5.41, 5.74) is 1.74. The number of amides is 1. The Balaban J connectivity index is 0.00000288. The third-order valence-corrected chi connectivity index (χ3v) is 4.57. The van der Waals surface area contributed by atoms with E-state index in [1.165, 1.54) is 0 Å². The van der Waals surface area contributed by atoms with Gasteiger partial charge in [0.2, 0.25) is 0 Å². The topological polar surface area (TPSA) is 77.4 Å². The Kier molecular flexibility index (Phi) is 7.99. The predicted octanol–water partition coefficient (Wildman–Crippen LogP) is 0.970. The van der Waals surface area contributed by atoms with Crippen LogP contribution in [0.4, 0.5) is 0 Å². The minimum atomic E-state index is -0.110. The fraction of sp³-hybridized carbons (Fsp3) is 0.750. The summed E-state index contributed by atoms with van der Waals surface area (Å²) in [6, 6.07) is 0. The Hall–Kier alpha value is -1.31. The number of aromatic nitrogens is 2. The van der Waals surface area contributed by atoms with Crippen LogP contribution in [0.3, 0.4) is 0 Å². The third-order valence-electron chi connectivity index (χ3n) is 4.57. The van der Waals surface area contributed by atoms with Gasteiger partial charge in [0, 0.05) is 26.1 Å². The van der Waals surface area contributed by atoms with Crippen molar-refractivity contribution in [2.45, 2.75) is 26.7 Å². The van der Waals surface area contributed by atoms with Crippen LogP contribution < -0.4 is 15.4 Å². The number of aryl methyl sites for hydroxylation is 2. The number of piperidine rings is 1. The lowest BCUT2D eigenvalue weighted by Crippen LogP contribution is -2.47. The van der Waals surface area contributed by atoms with Crippen molar-refractivity contribution in [2.75, 3.05) is 40.0 Å². The molecule has 1 aromatic rings. The van der Waals surface area contributed by atoms with Crippen molar-refractivity contribution >= 4 is 18.3 Å². The van der Waals surface area contributed by atoms with Gasteiger partial charge in [-0.1, -0.05) is 0 Å². The van der Waals surface area contributed by atoms with Gasteiger partial charge in [-0.25, -0.2) is 0 Å². The average molecular weight is 361 g/mol. The van der Waals surface area contributed by atoms with Crippen LogP contribution in [-0.2, 0) is 16.6 Å². The van der Waals surface area contributed by atoms with Gasteiger partial charge in [0.05, 0.1) is 12.3 Å². The summed E-state index contributed by atoms with van der Waals surface area (Å²) >= 11 is 0. The molecule has 1 aromatic heterocycles. The SMILES string of the molecule is COCC1(CNC(=O)COc2c(C)nn(C)c2C)CCNCC1.Cl. The number of hydrogen-bond donors (Lipinski definition) is 2. The lowest BCUT2D eigenvalue weighted by atomic mass is 9.79. The van der Waals surface area contributed by atoms with Gasteiger partial charge >= 0.3 is 0 Å². The second kappa shape index (κ2) is 9.25. The van der Waals surface area contributed by atoms with E-state index in [1.54, 1.807) is 11.8 Å². The molecule has 1 amide bonds. The van der Waals surface area contributed by atoms with Gasteiger partial charge in [-0.15, -0.1) is 12.4 Å². The van der Waals surface area contributed by atoms with E-state index >= 15 is 0 Å². The fourth-order valence-corrected chi connectivity index (χ4v) is 3.07. The zero-order chi connectivity index (χ0) is 16.9. The van der Waals surface area contributed by atoms with Gasteiger partial charge in [0.1, 0.15) is 5.69 Å². The van der Waals surface area contributed by atoms with Crippen LogP contribution in [0.2, 0.25) is 0 Å². The molecule has 0 spiro atoms. The molecule has 0 bridgehead atoms. The maximum atomic E-state index is 12.1. The zero-order valence-electron chi connectivity index (χ0n) is 15.0. The van der Waals surface area contributed by atoms with Crippen LogP contribution in [0.25, 0.3) is 0 Å². The van der Waals surface area contributed by atoms with Crippen molar-refractivity contribution in [3.63, 3.8) is 0 Å². The van der Waals surface area contributed by atoms with Gasteiger partial charge in [0.25, 0.3) is 5.91 Å². The first-order valence-electron chi connectivity index (χ1n) is 8.07. The van der Waals surface area contributed by atoms with Crippen molar-refractivity contribution in [3.05, 3.63) is 11.4 Å². The Labute approximate surface area is 149 Å². The van der Waals surface area contributed by atoms with E-state index < -0.39 is 0 Å². The number of hydrogen-bond acceptors (Lipinski definition) is 5. The van der Waals surface area contributed by atoms with Gasteiger partial charge < -0.3 is 20.1 Å². The van der Waals surface area contributed by atoms with Crippen LogP contribution in [0.1, 0.15) is 24.2 Å². The smallest absolute Gasteiger partial charge is 0.257 e. The van der Waals surface area contributed by atoms with Gasteiger partial charge in [-0.3, -0.25) is 9.48 Å². The molecule has 138 valence electrons. The number of rotatable bonds is 7. The molecule has 8 heteroatoms. The number of nitrogens with one attached hydrogen (secondary N) is 2. The summed E-state index contributed by atoms with van der Waals surface area (Å²) < 4.78 is 12.8.